The maximum Gasteiger partial charge on any atom is 0.0960 e. The third kappa shape index (κ3) is 1.84. The van der Waals surface area contributed by atoms with Crippen molar-refractivity contribution in [3.05, 3.63) is 23.9 Å². The summed E-state index contributed by atoms with van der Waals surface area (Å²) in [5, 5.41) is 3.16. The summed E-state index contributed by atoms with van der Waals surface area (Å²) in [7, 11) is 0. The van der Waals surface area contributed by atoms with Crippen molar-refractivity contribution in [1.29, 1.82) is 0 Å². The second-order valence-electron chi connectivity index (χ2n) is 3.23. The highest BCUT2D eigenvalue weighted by Gasteiger charge is 2.13. The summed E-state index contributed by atoms with van der Waals surface area (Å²) in [5.74, 6) is 0.499. The molecule has 1 aliphatic heterocycles. The molecule has 0 bridgehead atoms. The van der Waals surface area contributed by atoms with Gasteiger partial charge in [0.15, 0.2) is 0 Å². The zero-order chi connectivity index (χ0) is 8.43. The maximum atomic E-state index is 5.79. The Balaban J connectivity index is 2.72. The lowest BCUT2D eigenvalue weighted by atomic mass is 10.1. The Morgan fingerprint density at radius 2 is 2.36 bits per heavy atom. The van der Waals surface area contributed by atoms with Gasteiger partial charge in [0.05, 0.1) is 6.17 Å². The Bertz CT molecular complexity index is 194. The molecule has 0 amide bonds. The molecule has 62 valence electrons. The van der Waals surface area contributed by atoms with E-state index in [1.165, 1.54) is 5.57 Å². The van der Waals surface area contributed by atoms with Crippen molar-refractivity contribution in [2.24, 2.45) is 11.7 Å². The standard InChI is InChI=1S/C9H16N2/c1-6-4-5-7(2)9(10)11-8(6)3/h5-6,9,11H,3-4,10H2,1-2H3. The van der Waals surface area contributed by atoms with Crippen LogP contribution in [0.2, 0.25) is 0 Å². The molecular weight excluding hydrogens is 136 g/mol. The van der Waals surface area contributed by atoms with Gasteiger partial charge in [0.1, 0.15) is 0 Å². The van der Waals surface area contributed by atoms with Crippen LogP contribution in [0, 0.1) is 5.92 Å². The summed E-state index contributed by atoms with van der Waals surface area (Å²) in [6, 6.07) is 0. The lowest BCUT2D eigenvalue weighted by Gasteiger charge is -2.16. The van der Waals surface area contributed by atoms with Crippen LogP contribution in [0.4, 0.5) is 0 Å². The fraction of sp³-hybridized carbons (Fsp3) is 0.556. The molecule has 2 unspecified atom stereocenters. The molecule has 0 spiro atoms. The first-order valence-electron chi connectivity index (χ1n) is 3.99. The third-order valence-electron chi connectivity index (χ3n) is 2.22. The van der Waals surface area contributed by atoms with Crippen molar-refractivity contribution in [2.45, 2.75) is 26.4 Å². The van der Waals surface area contributed by atoms with E-state index in [0.29, 0.717) is 5.92 Å². The van der Waals surface area contributed by atoms with E-state index in [1.807, 2.05) is 6.92 Å². The number of nitrogens with one attached hydrogen (secondary N) is 1. The maximum absolute atomic E-state index is 5.79. The third-order valence-corrected chi connectivity index (χ3v) is 2.22. The molecule has 2 heteroatoms. The van der Waals surface area contributed by atoms with Crippen LogP contribution in [0.3, 0.4) is 0 Å². The zero-order valence-corrected chi connectivity index (χ0v) is 7.22. The molecule has 1 rings (SSSR count). The monoisotopic (exact) mass is 152 g/mol. The van der Waals surface area contributed by atoms with Gasteiger partial charge >= 0.3 is 0 Å². The predicted octanol–water partition coefficient (Wildman–Crippen LogP) is 1.36. The van der Waals surface area contributed by atoms with E-state index >= 15 is 0 Å². The minimum atomic E-state index is -0.0348. The number of hydrogen-bond acceptors (Lipinski definition) is 2. The van der Waals surface area contributed by atoms with Crippen LogP contribution in [0.15, 0.2) is 23.9 Å². The predicted molar refractivity (Wildman–Crippen MR) is 47.8 cm³/mol. The number of nitrogens with two attached hydrogens (primary N) is 1. The second-order valence-corrected chi connectivity index (χ2v) is 3.23. The van der Waals surface area contributed by atoms with Crippen LogP contribution in [0.25, 0.3) is 0 Å². The van der Waals surface area contributed by atoms with Crippen LogP contribution >= 0.6 is 0 Å². The lowest BCUT2D eigenvalue weighted by molar-refractivity contribution is 0.593. The molecule has 0 aromatic carbocycles. The Morgan fingerprint density at radius 3 is 3.00 bits per heavy atom. The molecule has 0 fully saturated rings. The quantitative estimate of drug-likeness (QED) is 0.514. The fourth-order valence-corrected chi connectivity index (χ4v) is 1.09. The molecule has 2 atom stereocenters. The van der Waals surface area contributed by atoms with Gasteiger partial charge in [-0.25, -0.2) is 0 Å². The van der Waals surface area contributed by atoms with Crippen molar-refractivity contribution in [1.82, 2.24) is 5.32 Å². The summed E-state index contributed by atoms with van der Waals surface area (Å²) in [6.45, 7) is 8.11. The van der Waals surface area contributed by atoms with Gasteiger partial charge in [-0.15, -0.1) is 0 Å². The topological polar surface area (TPSA) is 38.0 Å². The van der Waals surface area contributed by atoms with Gasteiger partial charge in [0, 0.05) is 5.70 Å². The largest absolute Gasteiger partial charge is 0.370 e. The minimum absolute atomic E-state index is 0.0348. The van der Waals surface area contributed by atoms with Gasteiger partial charge < -0.3 is 11.1 Å². The molecule has 1 heterocycles. The molecule has 11 heavy (non-hydrogen) atoms. The van der Waals surface area contributed by atoms with E-state index < -0.39 is 0 Å². The van der Waals surface area contributed by atoms with Crippen LogP contribution in [-0.2, 0) is 0 Å². The Hall–Kier alpha value is -0.760. The van der Waals surface area contributed by atoms with Crippen LogP contribution in [0.5, 0.6) is 0 Å². The van der Waals surface area contributed by atoms with Crippen molar-refractivity contribution >= 4 is 0 Å². The van der Waals surface area contributed by atoms with Crippen molar-refractivity contribution in [3.8, 4) is 0 Å². The van der Waals surface area contributed by atoms with Crippen molar-refractivity contribution in [2.75, 3.05) is 0 Å². The highest BCUT2D eigenvalue weighted by atomic mass is 15.0. The van der Waals surface area contributed by atoms with Gasteiger partial charge in [-0.2, -0.15) is 0 Å². The van der Waals surface area contributed by atoms with Gasteiger partial charge in [0.2, 0.25) is 0 Å². The number of allylic oxidation sites excluding steroid dienone is 2. The van der Waals surface area contributed by atoms with E-state index in [4.69, 9.17) is 5.73 Å². The SMILES string of the molecule is C=C1NC(N)C(C)=CCC1C. The molecule has 0 aromatic heterocycles. The lowest BCUT2D eigenvalue weighted by Crippen LogP contribution is -2.37. The average molecular weight is 152 g/mol. The van der Waals surface area contributed by atoms with Crippen molar-refractivity contribution in [3.63, 3.8) is 0 Å². The summed E-state index contributed by atoms with van der Waals surface area (Å²) >= 11 is 0. The zero-order valence-electron chi connectivity index (χ0n) is 7.22. The van der Waals surface area contributed by atoms with Crippen LogP contribution in [-0.4, -0.2) is 6.17 Å². The molecule has 0 aromatic rings. The fourth-order valence-electron chi connectivity index (χ4n) is 1.09. The molecule has 0 saturated heterocycles. The Kier molecular flexibility index (Phi) is 2.35. The normalized spacial score (nSPS) is 32.3. The molecule has 0 radical (unpaired) electrons. The second kappa shape index (κ2) is 3.09. The number of rotatable bonds is 0. The molecule has 3 N–H and O–H groups in total. The molecular formula is C9H16N2. The summed E-state index contributed by atoms with van der Waals surface area (Å²) in [4.78, 5) is 0. The summed E-state index contributed by atoms with van der Waals surface area (Å²) in [6.07, 6.45) is 3.19. The first-order valence-corrected chi connectivity index (χ1v) is 3.99. The first-order chi connectivity index (χ1) is 5.11. The summed E-state index contributed by atoms with van der Waals surface area (Å²) < 4.78 is 0. The van der Waals surface area contributed by atoms with Crippen LogP contribution in [0.1, 0.15) is 20.3 Å². The van der Waals surface area contributed by atoms with Gasteiger partial charge in [0.25, 0.3) is 0 Å². The van der Waals surface area contributed by atoms with E-state index in [-0.39, 0.29) is 6.17 Å². The van der Waals surface area contributed by atoms with E-state index in [0.717, 1.165) is 12.1 Å². The van der Waals surface area contributed by atoms with Gasteiger partial charge in [-0.3, -0.25) is 0 Å². The van der Waals surface area contributed by atoms with E-state index in [2.05, 4.69) is 24.9 Å². The first kappa shape index (κ1) is 8.34. The average Bonchev–Trinajstić information content (AvgIpc) is 2.05. The molecule has 0 saturated carbocycles. The van der Waals surface area contributed by atoms with Crippen LogP contribution < -0.4 is 11.1 Å². The van der Waals surface area contributed by atoms with E-state index in [1.54, 1.807) is 0 Å². The Morgan fingerprint density at radius 1 is 1.73 bits per heavy atom. The number of hydrogen-bond donors (Lipinski definition) is 2. The highest BCUT2D eigenvalue weighted by Crippen LogP contribution is 2.17. The minimum Gasteiger partial charge on any atom is -0.370 e. The molecule has 1 aliphatic rings. The molecule has 2 nitrogen and oxygen atoms in total. The Labute approximate surface area is 68.2 Å². The van der Waals surface area contributed by atoms with Crippen molar-refractivity contribution < 1.29 is 0 Å². The van der Waals surface area contributed by atoms with Gasteiger partial charge in [-0.1, -0.05) is 19.6 Å². The highest BCUT2D eigenvalue weighted by molar-refractivity contribution is 5.15. The molecule has 0 aliphatic carbocycles. The van der Waals surface area contributed by atoms with Gasteiger partial charge in [-0.05, 0) is 24.8 Å². The van der Waals surface area contributed by atoms with E-state index in [9.17, 15) is 0 Å². The smallest absolute Gasteiger partial charge is 0.0960 e. The summed E-state index contributed by atoms with van der Waals surface area (Å²) in [5.41, 5.74) is 8.04.